The third-order valence-corrected chi connectivity index (χ3v) is 4.64. The average Bonchev–Trinajstić information content (AvgIpc) is 3.09. The summed E-state index contributed by atoms with van der Waals surface area (Å²) in [5, 5.41) is 20.2. The molecule has 2 atom stereocenters. The molecule has 2 aromatic rings. The molecule has 1 aromatic carbocycles. The Morgan fingerprint density at radius 3 is 2.72 bits per heavy atom. The molecule has 136 valence electrons. The Kier molecular flexibility index (Phi) is 6.58. The zero-order valence-electron chi connectivity index (χ0n) is 15.2. The van der Waals surface area contributed by atoms with E-state index in [9.17, 15) is 9.90 Å². The number of nitrogens with one attached hydrogen (secondary N) is 2. The summed E-state index contributed by atoms with van der Waals surface area (Å²) in [6, 6.07) is 9.62. The molecule has 0 fully saturated rings. The number of carbonyl (C=O) groups is 1. The van der Waals surface area contributed by atoms with Crippen molar-refractivity contribution >= 4 is 6.03 Å². The van der Waals surface area contributed by atoms with E-state index in [1.807, 2.05) is 55.1 Å². The third kappa shape index (κ3) is 5.60. The quantitative estimate of drug-likeness (QED) is 0.688. The summed E-state index contributed by atoms with van der Waals surface area (Å²) in [7, 11) is 0. The monoisotopic (exact) mass is 344 g/mol. The SMILES string of the molecule is CCC(C)C(C)(O)CNC(=O)NCCc1cnn(-c2ccccc2)c1. The molecule has 0 aliphatic rings. The minimum absolute atomic E-state index is 0.122. The molecule has 0 bridgehead atoms. The summed E-state index contributed by atoms with van der Waals surface area (Å²) >= 11 is 0. The van der Waals surface area contributed by atoms with Gasteiger partial charge < -0.3 is 15.7 Å². The van der Waals surface area contributed by atoms with Gasteiger partial charge in [-0.05, 0) is 37.0 Å². The van der Waals surface area contributed by atoms with Gasteiger partial charge in [0.2, 0.25) is 0 Å². The second-order valence-electron chi connectivity index (χ2n) is 6.65. The first-order valence-electron chi connectivity index (χ1n) is 8.75. The molecule has 6 nitrogen and oxygen atoms in total. The Hall–Kier alpha value is -2.34. The molecule has 0 saturated carbocycles. The highest BCUT2D eigenvalue weighted by atomic mass is 16.3. The van der Waals surface area contributed by atoms with E-state index in [0.717, 1.165) is 17.7 Å². The number of urea groups is 1. The molecule has 25 heavy (non-hydrogen) atoms. The van der Waals surface area contributed by atoms with Crippen molar-refractivity contribution < 1.29 is 9.90 Å². The fourth-order valence-electron chi connectivity index (χ4n) is 2.47. The number of nitrogens with zero attached hydrogens (tertiary/aromatic N) is 2. The average molecular weight is 344 g/mol. The fraction of sp³-hybridized carbons (Fsp3) is 0.474. The first-order chi connectivity index (χ1) is 11.9. The normalized spacial score (nSPS) is 14.6. The van der Waals surface area contributed by atoms with Crippen molar-refractivity contribution in [1.82, 2.24) is 20.4 Å². The van der Waals surface area contributed by atoms with Crippen LogP contribution >= 0.6 is 0 Å². The molecule has 0 saturated heterocycles. The molecule has 1 heterocycles. The molecule has 3 N–H and O–H groups in total. The van der Waals surface area contributed by atoms with Gasteiger partial charge in [0.1, 0.15) is 0 Å². The molecular weight excluding hydrogens is 316 g/mol. The van der Waals surface area contributed by atoms with Gasteiger partial charge in [0, 0.05) is 19.3 Å². The summed E-state index contributed by atoms with van der Waals surface area (Å²) in [6.07, 6.45) is 5.33. The molecular formula is C19H28N4O2. The topological polar surface area (TPSA) is 79.2 Å². The highest BCUT2D eigenvalue weighted by Gasteiger charge is 2.27. The van der Waals surface area contributed by atoms with Gasteiger partial charge in [-0.3, -0.25) is 0 Å². The van der Waals surface area contributed by atoms with Gasteiger partial charge in [-0.1, -0.05) is 38.5 Å². The van der Waals surface area contributed by atoms with Crippen LogP contribution in [0, 0.1) is 5.92 Å². The summed E-state index contributed by atoms with van der Waals surface area (Å²) in [5.41, 5.74) is 1.16. The zero-order chi connectivity index (χ0) is 18.3. The van der Waals surface area contributed by atoms with Crippen molar-refractivity contribution in [3.05, 3.63) is 48.3 Å². The van der Waals surface area contributed by atoms with Crippen molar-refractivity contribution in [2.24, 2.45) is 5.92 Å². The molecule has 2 unspecified atom stereocenters. The lowest BCUT2D eigenvalue weighted by Crippen LogP contribution is -2.48. The highest BCUT2D eigenvalue weighted by Crippen LogP contribution is 2.18. The molecule has 0 spiro atoms. The van der Waals surface area contributed by atoms with Crippen LogP contribution in [0.3, 0.4) is 0 Å². The van der Waals surface area contributed by atoms with Gasteiger partial charge in [-0.15, -0.1) is 0 Å². The first-order valence-corrected chi connectivity index (χ1v) is 8.75. The van der Waals surface area contributed by atoms with Crippen LogP contribution in [0.2, 0.25) is 0 Å². The lowest BCUT2D eigenvalue weighted by molar-refractivity contribution is 0.00791. The Morgan fingerprint density at radius 2 is 2.04 bits per heavy atom. The van der Waals surface area contributed by atoms with E-state index < -0.39 is 5.60 Å². The summed E-state index contributed by atoms with van der Waals surface area (Å²) in [4.78, 5) is 11.9. The van der Waals surface area contributed by atoms with Crippen molar-refractivity contribution in [3.63, 3.8) is 0 Å². The van der Waals surface area contributed by atoms with Gasteiger partial charge in [-0.2, -0.15) is 5.10 Å². The first kappa shape index (κ1) is 19.0. The standard InChI is InChI=1S/C19H28N4O2/c1-4-15(2)19(3,25)14-21-18(24)20-11-10-16-12-22-23(13-16)17-8-6-5-7-9-17/h5-9,12-13,15,25H,4,10-11,14H2,1-3H3,(H2,20,21,24). The lowest BCUT2D eigenvalue weighted by Gasteiger charge is -2.29. The number of benzene rings is 1. The van der Waals surface area contributed by atoms with E-state index in [2.05, 4.69) is 15.7 Å². The predicted molar refractivity (Wildman–Crippen MR) is 98.7 cm³/mol. The minimum Gasteiger partial charge on any atom is -0.388 e. The second kappa shape index (κ2) is 8.67. The van der Waals surface area contributed by atoms with Crippen molar-refractivity contribution in [1.29, 1.82) is 0 Å². The maximum absolute atomic E-state index is 11.9. The van der Waals surface area contributed by atoms with Crippen LogP contribution < -0.4 is 10.6 Å². The third-order valence-electron chi connectivity index (χ3n) is 4.64. The number of hydrogen-bond donors (Lipinski definition) is 3. The van der Waals surface area contributed by atoms with Gasteiger partial charge in [0.25, 0.3) is 0 Å². The molecule has 6 heteroatoms. The van der Waals surface area contributed by atoms with Crippen LogP contribution in [-0.4, -0.2) is 39.6 Å². The number of rotatable bonds is 8. The largest absolute Gasteiger partial charge is 0.388 e. The zero-order valence-corrected chi connectivity index (χ0v) is 15.2. The van der Waals surface area contributed by atoms with Gasteiger partial charge in [0.05, 0.1) is 17.5 Å². The Morgan fingerprint density at radius 1 is 1.32 bits per heavy atom. The number of carbonyl (C=O) groups excluding carboxylic acids is 1. The maximum Gasteiger partial charge on any atom is 0.314 e. The van der Waals surface area contributed by atoms with Crippen LogP contribution in [0.25, 0.3) is 5.69 Å². The molecule has 0 aliphatic carbocycles. The van der Waals surface area contributed by atoms with Crippen LogP contribution in [0.15, 0.2) is 42.7 Å². The highest BCUT2D eigenvalue weighted by molar-refractivity contribution is 5.73. The Bertz CT molecular complexity index is 667. The van der Waals surface area contributed by atoms with E-state index in [1.165, 1.54) is 0 Å². The van der Waals surface area contributed by atoms with Crippen LogP contribution in [0.1, 0.15) is 32.8 Å². The Balaban J connectivity index is 1.74. The molecule has 1 aromatic heterocycles. The molecule has 0 radical (unpaired) electrons. The second-order valence-corrected chi connectivity index (χ2v) is 6.65. The van der Waals surface area contributed by atoms with E-state index >= 15 is 0 Å². The van der Waals surface area contributed by atoms with Crippen molar-refractivity contribution in [2.45, 2.75) is 39.2 Å². The van der Waals surface area contributed by atoms with E-state index in [4.69, 9.17) is 0 Å². The lowest BCUT2D eigenvalue weighted by atomic mass is 9.89. The molecule has 2 rings (SSSR count). The predicted octanol–water partition coefficient (Wildman–Crippen LogP) is 2.51. The number of amides is 2. The number of hydrogen-bond acceptors (Lipinski definition) is 3. The summed E-state index contributed by atoms with van der Waals surface area (Å²) in [6.45, 7) is 6.50. The van der Waals surface area contributed by atoms with Crippen molar-refractivity contribution in [3.8, 4) is 5.69 Å². The maximum atomic E-state index is 11.9. The van der Waals surface area contributed by atoms with Gasteiger partial charge in [-0.25, -0.2) is 9.48 Å². The Labute approximate surface area is 149 Å². The minimum atomic E-state index is -0.900. The number of para-hydroxylation sites is 1. The fourth-order valence-corrected chi connectivity index (χ4v) is 2.47. The summed E-state index contributed by atoms with van der Waals surface area (Å²) < 4.78 is 1.82. The van der Waals surface area contributed by atoms with E-state index in [0.29, 0.717) is 13.0 Å². The van der Waals surface area contributed by atoms with E-state index in [-0.39, 0.29) is 18.5 Å². The molecule has 0 aliphatic heterocycles. The summed E-state index contributed by atoms with van der Waals surface area (Å²) in [5.74, 6) is 0.122. The smallest absolute Gasteiger partial charge is 0.314 e. The number of aromatic nitrogens is 2. The van der Waals surface area contributed by atoms with Crippen LogP contribution in [-0.2, 0) is 6.42 Å². The number of aliphatic hydroxyl groups is 1. The van der Waals surface area contributed by atoms with Crippen LogP contribution in [0.5, 0.6) is 0 Å². The van der Waals surface area contributed by atoms with Crippen LogP contribution in [0.4, 0.5) is 4.79 Å². The molecule has 2 amide bonds. The van der Waals surface area contributed by atoms with Gasteiger partial charge in [0.15, 0.2) is 0 Å². The van der Waals surface area contributed by atoms with Gasteiger partial charge >= 0.3 is 6.03 Å². The van der Waals surface area contributed by atoms with E-state index in [1.54, 1.807) is 13.1 Å². The van der Waals surface area contributed by atoms with Crippen molar-refractivity contribution in [2.75, 3.05) is 13.1 Å².